The van der Waals surface area contributed by atoms with E-state index in [1.807, 2.05) is 0 Å². The zero-order valence-electron chi connectivity index (χ0n) is 14.1. The lowest BCUT2D eigenvalue weighted by Gasteiger charge is -2.29. The molecule has 2 rings (SSSR count). The number of alkyl halides is 3. The Bertz CT molecular complexity index is 885. The van der Waals surface area contributed by atoms with Gasteiger partial charge in [-0.15, -0.1) is 0 Å². The highest BCUT2D eigenvalue weighted by molar-refractivity contribution is 7.92. The maximum Gasteiger partial charge on any atom is 0.405 e. The number of rotatable bonds is 6. The first-order valence-electron chi connectivity index (χ1n) is 7.72. The third kappa shape index (κ3) is 5.19. The second kappa shape index (κ2) is 7.95. The molecule has 0 saturated heterocycles. The number of hydrogen-bond acceptors (Lipinski definition) is 3. The Morgan fingerprint density at radius 3 is 2.15 bits per heavy atom. The third-order valence-electron chi connectivity index (χ3n) is 3.58. The summed E-state index contributed by atoms with van der Waals surface area (Å²) in [5.74, 6) is -1.78. The molecule has 1 N–H and O–H groups in total. The normalized spacial score (nSPS) is 13.1. The fourth-order valence-corrected chi connectivity index (χ4v) is 3.93. The molecule has 5 nitrogen and oxygen atoms in total. The zero-order chi connectivity index (χ0) is 20.2. The summed E-state index contributed by atoms with van der Waals surface area (Å²) in [6.07, 6.45) is -4.64. The summed E-state index contributed by atoms with van der Waals surface area (Å²) < 4.78 is 76.9. The number of nitrogens with one attached hydrogen (secondary N) is 1. The quantitative estimate of drug-likeness (QED) is 0.753. The summed E-state index contributed by atoms with van der Waals surface area (Å²) in [4.78, 5) is 11.9. The Morgan fingerprint density at radius 1 is 1.07 bits per heavy atom. The van der Waals surface area contributed by atoms with Gasteiger partial charge in [-0.2, -0.15) is 13.2 Å². The van der Waals surface area contributed by atoms with E-state index in [0.717, 1.165) is 24.3 Å². The number of benzene rings is 2. The van der Waals surface area contributed by atoms with Crippen LogP contribution in [0.15, 0.2) is 59.5 Å². The largest absolute Gasteiger partial charge is 0.405 e. The van der Waals surface area contributed by atoms with Gasteiger partial charge in [-0.25, -0.2) is 12.8 Å². The van der Waals surface area contributed by atoms with Crippen molar-refractivity contribution in [2.45, 2.75) is 24.0 Å². The van der Waals surface area contributed by atoms with Gasteiger partial charge in [0.2, 0.25) is 5.91 Å². The molecule has 0 spiro atoms. The lowest BCUT2D eigenvalue weighted by atomic mass is 10.2. The van der Waals surface area contributed by atoms with E-state index < -0.39 is 40.5 Å². The lowest BCUT2D eigenvalue weighted by molar-refractivity contribution is -0.138. The van der Waals surface area contributed by atoms with E-state index in [1.165, 1.54) is 31.2 Å². The number of para-hydroxylation sites is 1. The standard InChI is InChI=1S/C17H16F4N2O3S/c1-12(16(24)22-11-17(19,20)21)23(14-5-3-2-4-6-14)27(25,26)15-9-7-13(18)8-10-15/h2-10,12H,11H2,1H3,(H,22,24). The van der Waals surface area contributed by atoms with Gasteiger partial charge in [0.1, 0.15) is 18.4 Å². The summed E-state index contributed by atoms with van der Waals surface area (Å²) in [6, 6.07) is 9.86. The number of halogens is 4. The fourth-order valence-electron chi connectivity index (χ4n) is 2.31. The molecule has 0 aliphatic carbocycles. The van der Waals surface area contributed by atoms with Crippen LogP contribution in [0.3, 0.4) is 0 Å². The molecule has 0 fully saturated rings. The average Bonchev–Trinajstić information content (AvgIpc) is 2.60. The average molecular weight is 404 g/mol. The molecule has 0 aliphatic heterocycles. The van der Waals surface area contributed by atoms with Crippen molar-refractivity contribution in [1.82, 2.24) is 5.32 Å². The van der Waals surface area contributed by atoms with Gasteiger partial charge >= 0.3 is 6.18 Å². The molecule has 2 aromatic rings. The van der Waals surface area contributed by atoms with Crippen molar-refractivity contribution in [1.29, 1.82) is 0 Å². The molecular weight excluding hydrogens is 388 g/mol. The second-order valence-corrected chi connectivity index (χ2v) is 7.41. The number of nitrogens with zero attached hydrogens (tertiary/aromatic N) is 1. The van der Waals surface area contributed by atoms with Crippen molar-refractivity contribution in [3.05, 3.63) is 60.4 Å². The van der Waals surface area contributed by atoms with Gasteiger partial charge in [-0.3, -0.25) is 9.10 Å². The van der Waals surface area contributed by atoms with E-state index in [-0.39, 0.29) is 10.6 Å². The Balaban J connectivity index is 2.43. The van der Waals surface area contributed by atoms with Gasteiger partial charge in [0.25, 0.3) is 10.0 Å². The topological polar surface area (TPSA) is 66.5 Å². The molecule has 1 atom stereocenters. The number of amides is 1. The van der Waals surface area contributed by atoms with Gasteiger partial charge < -0.3 is 5.32 Å². The fraction of sp³-hybridized carbons (Fsp3) is 0.235. The highest BCUT2D eigenvalue weighted by Gasteiger charge is 2.35. The van der Waals surface area contributed by atoms with Gasteiger partial charge in [0.15, 0.2) is 0 Å². The smallest absolute Gasteiger partial charge is 0.345 e. The molecule has 0 bridgehead atoms. The molecule has 0 heterocycles. The van der Waals surface area contributed by atoms with E-state index in [0.29, 0.717) is 4.31 Å². The summed E-state index contributed by atoms with van der Waals surface area (Å²) in [7, 11) is -4.34. The number of carbonyl (C=O) groups is 1. The first-order valence-corrected chi connectivity index (χ1v) is 9.16. The van der Waals surface area contributed by atoms with Crippen LogP contribution in [0.1, 0.15) is 6.92 Å². The molecule has 146 valence electrons. The van der Waals surface area contributed by atoms with Crippen LogP contribution >= 0.6 is 0 Å². The molecule has 0 aliphatic rings. The van der Waals surface area contributed by atoms with E-state index in [1.54, 1.807) is 11.4 Å². The predicted molar refractivity (Wildman–Crippen MR) is 91.0 cm³/mol. The van der Waals surface area contributed by atoms with Crippen LogP contribution in [0.5, 0.6) is 0 Å². The monoisotopic (exact) mass is 404 g/mol. The van der Waals surface area contributed by atoms with Crippen molar-refractivity contribution in [2.75, 3.05) is 10.8 Å². The van der Waals surface area contributed by atoms with Crippen LogP contribution in [-0.4, -0.2) is 33.1 Å². The van der Waals surface area contributed by atoms with Gasteiger partial charge in [-0.05, 0) is 43.3 Å². The number of sulfonamides is 1. The molecule has 10 heteroatoms. The molecule has 2 aromatic carbocycles. The molecule has 27 heavy (non-hydrogen) atoms. The van der Waals surface area contributed by atoms with Crippen LogP contribution in [0.25, 0.3) is 0 Å². The van der Waals surface area contributed by atoms with Crippen molar-refractivity contribution in [3.8, 4) is 0 Å². The summed E-state index contributed by atoms with van der Waals surface area (Å²) in [5, 5.41) is 1.68. The van der Waals surface area contributed by atoms with Gasteiger partial charge in [0, 0.05) is 0 Å². The molecule has 0 radical (unpaired) electrons. The van der Waals surface area contributed by atoms with Crippen molar-refractivity contribution in [3.63, 3.8) is 0 Å². The highest BCUT2D eigenvalue weighted by Crippen LogP contribution is 2.26. The Hall–Kier alpha value is -2.62. The van der Waals surface area contributed by atoms with Gasteiger partial charge in [0.05, 0.1) is 10.6 Å². The van der Waals surface area contributed by atoms with Crippen molar-refractivity contribution < 1.29 is 30.8 Å². The molecule has 0 saturated carbocycles. The Kier molecular flexibility index (Phi) is 6.09. The predicted octanol–water partition coefficient (Wildman–Crippen LogP) is 3.09. The first kappa shape index (κ1) is 20.7. The number of anilines is 1. The first-order chi connectivity index (χ1) is 12.5. The maximum atomic E-state index is 13.1. The van der Waals surface area contributed by atoms with Crippen LogP contribution in [-0.2, 0) is 14.8 Å². The Labute approximate surface area is 153 Å². The minimum Gasteiger partial charge on any atom is -0.345 e. The second-order valence-electron chi connectivity index (χ2n) is 5.60. The van der Waals surface area contributed by atoms with Crippen molar-refractivity contribution in [2.24, 2.45) is 0 Å². The van der Waals surface area contributed by atoms with E-state index >= 15 is 0 Å². The van der Waals surface area contributed by atoms with Crippen LogP contribution in [0, 0.1) is 5.82 Å². The number of carbonyl (C=O) groups excluding carboxylic acids is 1. The minimum atomic E-state index is -4.64. The summed E-state index contributed by atoms with van der Waals surface area (Å²) >= 11 is 0. The third-order valence-corrected chi connectivity index (χ3v) is 5.49. The van der Waals surface area contributed by atoms with Crippen LogP contribution in [0.2, 0.25) is 0 Å². The van der Waals surface area contributed by atoms with Gasteiger partial charge in [-0.1, -0.05) is 18.2 Å². The summed E-state index contributed by atoms with van der Waals surface area (Å²) in [5.41, 5.74) is 0.0801. The van der Waals surface area contributed by atoms with E-state index in [4.69, 9.17) is 0 Å². The SMILES string of the molecule is CC(C(=O)NCC(F)(F)F)N(c1ccccc1)S(=O)(=O)c1ccc(F)cc1. The highest BCUT2D eigenvalue weighted by atomic mass is 32.2. The zero-order valence-corrected chi connectivity index (χ0v) is 14.9. The maximum absolute atomic E-state index is 13.1. The minimum absolute atomic E-state index is 0.0801. The molecule has 1 amide bonds. The van der Waals surface area contributed by atoms with E-state index in [9.17, 15) is 30.8 Å². The van der Waals surface area contributed by atoms with E-state index in [2.05, 4.69) is 0 Å². The Morgan fingerprint density at radius 2 is 1.63 bits per heavy atom. The molecule has 1 unspecified atom stereocenters. The van der Waals surface area contributed by atoms with Crippen LogP contribution in [0.4, 0.5) is 23.2 Å². The van der Waals surface area contributed by atoms with Crippen LogP contribution < -0.4 is 9.62 Å². The number of hydrogen-bond donors (Lipinski definition) is 1. The molecular formula is C17H16F4N2O3S. The summed E-state index contributed by atoms with van der Waals surface area (Å²) in [6.45, 7) is -0.421. The molecule has 0 aromatic heterocycles. The lowest BCUT2D eigenvalue weighted by Crippen LogP contribution is -2.49. The van der Waals surface area contributed by atoms with Crippen molar-refractivity contribution >= 4 is 21.6 Å².